The molecule has 1 saturated heterocycles. The lowest BCUT2D eigenvalue weighted by atomic mass is 10.1. The molecule has 0 aromatic rings. The Balaban J connectivity index is 0.00000135. The van der Waals surface area contributed by atoms with Crippen LogP contribution in [0.5, 0.6) is 0 Å². The van der Waals surface area contributed by atoms with Crippen LogP contribution in [-0.2, 0) is 9.47 Å². The Morgan fingerprint density at radius 1 is 1.32 bits per heavy atom. The van der Waals surface area contributed by atoms with E-state index in [2.05, 4.69) is 11.9 Å². The maximum Gasteiger partial charge on any atom is 0.184 e. The minimum Gasteiger partial charge on any atom is -0.397 e. The molecule has 7 heteroatoms. The maximum atomic E-state index is 9.27. The third-order valence-electron chi connectivity index (χ3n) is 3.04. The molecule has 3 atom stereocenters. The van der Waals surface area contributed by atoms with Gasteiger partial charge in [0.15, 0.2) is 6.29 Å². The topological polar surface area (TPSA) is 117 Å². The molecule has 1 aliphatic rings. The van der Waals surface area contributed by atoms with Gasteiger partial charge in [0.05, 0.1) is 6.61 Å². The number of allylic oxidation sites excluding steroid dienone is 1. The molecular formula is C15H32N2O5. The average Bonchev–Trinajstić information content (AvgIpc) is 2.50. The van der Waals surface area contributed by atoms with Crippen LogP contribution in [0.25, 0.3) is 0 Å². The van der Waals surface area contributed by atoms with Gasteiger partial charge < -0.3 is 35.8 Å². The SMILES string of the molecule is C=C(CCCCOCC1OC(O)C1O)NCCCN.CCO. The van der Waals surface area contributed by atoms with Crippen molar-refractivity contribution >= 4 is 0 Å². The molecule has 0 aromatic carbocycles. The molecule has 0 aliphatic carbocycles. The fraction of sp³-hybridized carbons (Fsp3) is 0.867. The fourth-order valence-corrected chi connectivity index (χ4v) is 1.77. The van der Waals surface area contributed by atoms with Gasteiger partial charge in [0, 0.05) is 25.5 Å². The van der Waals surface area contributed by atoms with Crippen molar-refractivity contribution in [2.45, 2.75) is 51.1 Å². The van der Waals surface area contributed by atoms with Crippen molar-refractivity contribution in [1.82, 2.24) is 5.32 Å². The highest BCUT2D eigenvalue weighted by Crippen LogP contribution is 2.19. The number of nitrogens with two attached hydrogens (primary N) is 1. The van der Waals surface area contributed by atoms with Crippen molar-refractivity contribution in [1.29, 1.82) is 0 Å². The predicted octanol–water partition coefficient (Wildman–Crippen LogP) is -0.298. The number of unbranched alkanes of at least 4 members (excludes halogenated alkanes) is 1. The lowest BCUT2D eigenvalue weighted by Gasteiger charge is -2.37. The minimum absolute atomic E-state index is 0.250. The van der Waals surface area contributed by atoms with E-state index in [0.717, 1.165) is 37.9 Å². The van der Waals surface area contributed by atoms with E-state index in [1.165, 1.54) is 0 Å². The van der Waals surface area contributed by atoms with Crippen molar-refractivity contribution in [3.63, 3.8) is 0 Å². The lowest BCUT2D eigenvalue weighted by molar-refractivity contribution is -0.314. The van der Waals surface area contributed by atoms with Crippen LogP contribution >= 0.6 is 0 Å². The molecule has 0 amide bonds. The van der Waals surface area contributed by atoms with E-state index in [-0.39, 0.29) is 12.7 Å². The summed E-state index contributed by atoms with van der Waals surface area (Å²) in [5, 5.41) is 29.0. The summed E-state index contributed by atoms with van der Waals surface area (Å²) in [6.45, 7) is 8.39. The van der Waals surface area contributed by atoms with Gasteiger partial charge in [-0.15, -0.1) is 0 Å². The van der Waals surface area contributed by atoms with Crippen LogP contribution in [0.1, 0.15) is 32.6 Å². The van der Waals surface area contributed by atoms with E-state index in [4.69, 9.17) is 25.4 Å². The largest absolute Gasteiger partial charge is 0.397 e. The van der Waals surface area contributed by atoms with Crippen LogP contribution in [0.4, 0.5) is 0 Å². The van der Waals surface area contributed by atoms with E-state index in [0.29, 0.717) is 19.8 Å². The summed E-state index contributed by atoms with van der Waals surface area (Å²) in [5.74, 6) is 0. The molecule has 6 N–H and O–H groups in total. The summed E-state index contributed by atoms with van der Waals surface area (Å²) in [6.07, 6.45) is 1.58. The summed E-state index contributed by atoms with van der Waals surface area (Å²) in [7, 11) is 0. The monoisotopic (exact) mass is 320 g/mol. The van der Waals surface area contributed by atoms with Gasteiger partial charge in [0.2, 0.25) is 0 Å². The second-order valence-electron chi connectivity index (χ2n) is 5.08. The highest BCUT2D eigenvalue weighted by molar-refractivity contribution is 4.90. The van der Waals surface area contributed by atoms with Crippen molar-refractivity contribution in [2.75, 3.05) is 32.9 Å². The molecule has 0 saturated carbocycles. The highest BCUT2D eigenvalue weighted by Gasteiger charge is 2.39. The Labute approximate surface area is 133 Å². The number of aliphatic hydroxyl groups excluding tert-OH is 3. The first kappa shape index (κ1) is 21.3. The van der Waals surface area contributed by atoms with Gasteiger partial charge in [-0.25, -0.2) is 0 Å². The zero-order valence-corrected chi connectivity index (χ0v) is 13.5. The summed E-state index contributed by atoms with van der Waals surface area (Å²) >= 11 is 0. The first-order valence-corrected chi connectivity index (χ1v) is 7.88. The normalized spacial score (nSPS) is 23.2. The van der Waals surface area contributed by atoms with E-state index in [1.807, 2.05) is 0 Å². The van der Waals surface area contributed by atoms with Crippen LogP contribution in [0.15, 0.2) is 12.3 Å². The van der Waals surface area contributed by atoms with Gasteiger partial charge >= 0.3 is 0 Å². The van der Waals surface area contributed by atoms with Crippen LogP contribution < -0.4 is 11.1 Å². The molecule has 22 heavy (non-hydrogen) atoms. The first-order valence-electron chi connectivity index (χ1n) is 7.88. The minimum atomic E-state index is -1.04. The predicted molar refractivity (Wildman–Crippen MR) is 85.1 cm³/mol. The first-order chi connectivity index (χ1) is 10.6. The molecule has 1 heterocycles. The van der Waals surface area contributed by atoms with Gasteiger partial charge in [-0.2, -0.15) is 0 Å². The lowest BCUT2D eigenvalue weighted by Crippen LogP contribution is -2.55. The van der Waals surface area contributed by atoms with Gasteiger partial charge in [-0.3, -0.25) is 0 Å². The van der Waals surface area contributed by atoms with Gasteiger partial charge in [-0.1, -0.05) is 6.58 Å². The maximum absolute atomic E-state index is 9.27. The van der Waals surface area contributed by atoms with E-state index in [9.17, 15) is 5.11 Å². The van der Waals surface area contributed by atoms with Crippen LogP contribution in [0.2, 0.25) is 0 Å². The number of aliphatic hydroxyl groups is 3. The van der Waals surface area contributed by atoms with Gasteiger partial charge in [0.1, 0.15) is 12.2 Å². The van der Waals surface area contributed by atoms with Crippen molar-refractivity contribution in [3.05, 3.63) is 12.3 Å². The Hall–Kier alpha value is -0.700. The molecule has 1 aliphatic heterocycles. The highest BCUT2D eigenvalue weighted by atomic mass is 16.7. The van der Waals surface area contributed by atoms with Gasteiger partial charge in [0.25, 0.3) is 0 Å². The molecule has 1 fully saturated rings. The fourth-order valence-electron chi connectivity index (χ4n) is 1.77. The Morgan fingerprint density at radius 3 is 2.55 bits per heavy atom. The standard InChI is InChI=1S/C13H26N2O4.C2H6O/c1-10(15-7-4-6-14)5-2-3-8-18-9-11-12(16)13(17)19-11;1-2-3/h11-13,15-17H,1-9,14H2;3H,2H2,1H3. The third kappa shape index (κ3) is 10.1. The van der Waals surface area contributed by atoms with E-state index >= 15 is 0 Å². The molecule has 1 rings (SSSR count). The summed E-state index contributed by atoms with van der Waals surface area (Å²) < 4.78 is 10.3. The van der Waals surface area contributed by atoms with E-state index < -0.39 is 12.4 Å². The molecule has 0 aromatic heterocycles. The molecule has 7 nitrogen and oxygen atoms in total. The molecule has 0 spiro atoms. The Morgan fingerprint density at radius 2 is 2.00 bits per heavy atom. The number of hydrogen-bond acceptors (Lipinski definition) is 7. The van der Waals surface area contributed by atoms with Crippen molar-refractivity contribution in [2.24, 2.45) is 5.73 Å². The molecule has 0 radical (unpaired) electrons. The summed E-state index contributed by atoms with van der Waals surface area (Å²) in [4.78, 5) is 0. The molecule has 0 bridgehead atoms. The Kier molecular flexibility index (Phi) is 13.5. The quantitative estimate of drug-likeness (QED) is 0.332. The molecule has 3 unspecified atom stereocenters. The van der Waals surface area contributed by atoms with Crippen molar-refractivity contribution < 1.29 is 24.8 Å². The van der Waals surface area contributed by atoms with Crippen LogP contribution in [0.3, 0.4) is 0 Å². The summed E-state index contributed by atoms with van der Waals surface area (Å²) in [6, 6.07) is 0. The van der Waals surface area contributed by atoms with Gasteiger partial charge in [-0.05, 0) is 39.2 Å². The second-order valence-corrected chi connectivity index (χ2v) is 5.08. The number of rotatable bonds is 11. The second kappa shape index (κ2) is 13.9. The van der Waals surface area contributed by atoms with Crippen LogP contribution in [0, 0.1) is 0 Å². The smallest absolute Gasteiger partial charge is 0.184 e. The third-order valence-corrected chi connectivity index (χ3v) is 3.04. The summed E-state index contributed by atoms with van der Waals surface area (Å²) in [5.41, 5.74) is 6.44. The zero-order chi connectivity index (χ0) is 16.8. The number of nitrogens with one attached hydrogen (secondary N) is 1. The number of ether oxygens (including phenoxy) is 2. The average molecular weight is 320 g/mol. The van der Waals surface area contributed by atoms with E-state index in [1.54, 1.807) is 6.92 Å². The zero-order valence-electron chi connectivity index (χ0n) is 13.5. The number of hydrogen-bond donors (Lipinski definition) is 5. The molecule has 132 valence electrons. The molecular weight excluding hydrogens is 288 g/mol. The van der Waals surface area contributed by atoms with Crippen molar-refractivity contribution in [3.8, 4) is 0 Å². The van der Waals surface area contributed by atoms with Crippen LogP contribution in [-0.4, -0.2) is 66.7 Å². The Bertz CT molecular complexity index is 279.